The lowest BCUT2D eigenvalue weighted by Gasteiger charge is -1.91. The second-order valence-corrected chi connectivity index (χ2v) is 4.07. The molecule has 0 aliphatic rings. The maximum atomic E-state index is 3.17. The van der Waals surface area contributed by atoms with Crippen LogP contribution in [0.1, 0.15) is 53.4 Å². The van der Waals surface area contributed by atoms with E-state index in [4.69, 9.17) is 0 Å². The van der Waals surface area contributed by atoms with E-state index in [1.165, 1.54) is 0 Å². The van der Waals surface area contributed by atoms with Crippen molar-refractivity contribution in [3.05, 3.63) is 35.5 Å². The molecule has 0 unspecified atom stereocenters. The van der Waals surface area contributed by atoms with E-state index in [1.807, 2.05) is 27.7 Å². The molecule has 0 spiro atoms. The highest BCUT2D eigenvalue weighted by molar-refractivity contribution is 5.40. The molecule has 0 fully saturated rings. The van der Waals surface area contributed by atoms with Gasteiger partial charge in [-0.1, -0.05) is 48.0 Å². The van der Waals surface area contributed by atoms with Crippen LogP contribution in [0.25, 0.3) is 0 Å². The second kappa shape index (κ2) is 11.8. The van der Waals surface area contributed by atoms with Gasteiger partial charge in [-0.05, 0) is 40.5 Å². The van der Waals surface area contributed by atoms with Crippen LogP contribution >= 0.6 is 0 Å². The number of allylic oxidation sites excluding steroid dienone is 6. The van der Waals surface area contributed by atoms with Crippen LogP contribution in [0, 0.1) is 23.7 Å². The van der Waals surface area contributed by atoms with Crippen molar-refractivity contribution in [1.82, 2.24) is 0 Å². The molecule has 0 bridgehead atoms. The van der Waals surface area contributed by atoms with Gasteiger partial charge in [-0.25, -0.2) is 0 Å². The predicted octanol–water partition coefficient (Wildman–Crippen LogP) is 5.04. The van der Waals surface area contributed by atoms with Crippen molar-refractivity contribution in [1.29, 1.82) is 0 Å². The van der Waals surface area contributed by atoms with Crippen LogP contribution in [-0.4, -0.2) is 0 Å². The Bertz CT molecular complexity index is 380. The van der Waals surface area contributed by atoms with Crippen LogP contribution in [0.3, 0.4) is 0 Å². The SMILES string of the molecule is C/C=C\CCC#C/C(C)=C(/C)C#CCC/C=C\C. The van der Waals surface area contributed by atoms with Crippen molar-refractivity contribution >= 4 is 0 Å². The third-order valence-electron chi connectivity index (χ3n) is 2.46. The smallest absolute Gasteiger partial charge is 0.0127 e. The van der Waals surface area contributed by atoms with E-state index >= 15 is 0 Å². The molecule has 0 aliphatic carbocycles. The highest BCUT2D eigenvalue weighted by atomic mass is 13.9. The summed E-state index contributed by atoms with van der Waals surface area (Å²) in [6.45, 7) is 8.15. The summed E-state index contributed by atoms with van der Waals surface area (Å²) in [7, 11) is 0. The Hall–Kier alpha value is -1.66. The van der Waals surface area contributed by atoms with Crippen LogP contribution in [-0.2, 0) is 0 Å². The summed E-state index contributed by atoms with van der Waals surface area (Å²) in [5.41, 5.74) is 2.18. The number of rotatable bonds is 4. The molecule has 0 rings (SSSR count). The lowest BCUT2D eigenvalue weighted by molar-refractivity contribution is 1.08. The Morgan fingerprint density at radius 3 is 1.50 bits per heavy atom. The maximum Gasteiger partial charge on any atom is 0.0127 e. The molecule has 0 aromatic rings. The Labute approximate surface area is 113 Å². The minimum absolute atomic E-state index is 0.920. The summed E-state index contributed by atoms with van der Waals surface area (Å²) in [4.78, 5) is 0. The fourth-order valence-electron chi connectivity index (χ4n) is 1.22. The normalized spacial score (nSPS) is 11.8. The van der Waals surface area contributed by atoms with Crippen molar-refractivity contribution in [2.75, 3.05) is 0 Å². The molecular weight excluding hydrogens is 216 g/mol. The van der Waals surface area contributed by atoms with Gasteiger partial charge in [0.05, 0.1) is 0 Å². The average Bonchev–Trinajstić information content (AvgIpc) is 2.37. The number of unbranched alkanes of at least 4 members (excludes halogenated alkanes) is 2. The van der Waals surface area contributed by atoms with Crippen molar-refractivity contribution < 1.29 is 0 Å². The third-order valence-corrected chi connectivity index (χ3v) is 2.46. The van der Waals surface area contributed by atoms with E-state index in [0.717, 1.165) is 36.8 Å². The van der Waals surface area contributed by atoms with E-state index < -0.39 is 0 Å². The first kappa shape index (κ1) is 16.3. The molecule has 0 radical (unpaired) electrons. The monoisotopic (exact) mass is 240 g/mol. The first-order chi connectivity index (χ1) is 8.72. The molecule has 0 aromatic carbocycles. The van der Waals surface area contributed by atoms with Gasteiger partial charge in [0.15, 0.2) is 0 Å². The van der Waals surface area contributed by atoms with Crippen molar-refractivity contribution in [2.45, 2.75) is 53.4 Å². The zero-order chi connectivity index (χ0) is 13.6. The van der Waals surface area contributed by atoms with Gasteiger partial charge in [-0.3, -0.25) is 0 Å². The Morgan fingerprint density at radius 2 is 1.17 bits per heavy atom. The standard InChI is InChI=1S/C18H24/c1-5-7-9-11-13-15-17(3)18(4)16-14-12-10-8-6-2/h5-8H,9-12H2,1-4H3/b7-5-,8-6-,18-17-. The van der Waals surface area contributed by atoms with Gasteiger partial charge in [-0.2, -0.15) is 0 Å². The lowest BCUT2D eigenvalue weighted by Crippen LogP contribution is -1.78. The van der Waals surface area contributed by atoms with Gasteiger partial charge in [0.1, 0.15) is 0 Å². The van der Waals surface area contributed by atoms with E-state index in [9.17, 15) is 0 Å². The van der Waals surface area contributed by atoms with Crippen LogP contribution in [0.2, 0.25) is 0 Å². The molecular formula is C18H24. The predicted molar refractivity (Wildman–Crippen MR) is 82.0 cm³/mol. The summed E-state index contributed by atoms with van der Waals surface area (Å²) >= 11 is 0. The Kier molecular flexibility index (Phi) is 10.7. The van der Waals surface area contributed by atoms with Gasteiger partial charge in [0, 0.05) is 24.0 Å². The van der Waals surface area contributed by atoms with Gasteiger partial charge in [0.25, 0.3) is 0 Å². The topological polar surface area (TPSA) is 0 Å². The minimum atomic E-state index is 0.920. The molecule has 0 saturated carbocycles. The molecule has 0 aliphatic heterocycles. The van der Waals surface area contributed by atoms with Crippen LogP contribution in [0.5, 0.6) is 0 Å². The zero-order valence-electron chi connectivity index (χ0n) is 12.1. The van der Waals surface area contributed by atoms with Gasteiger partial charge in [-0.15, -0.1) is 0 Å². The Balaban J connectivity index is 4.24. The summed E-state index contributed by atoms with van der Waals surface area (Å²) in [6.07, 6.45) is 12.3. The lowest BCUT2D eigenvalue weighted by atomic mass is 10.1. The van der Waals surface area contributed by atoms with Crippen LogP contribution in [0.15, 0.2) is 35.5 Å². The van der Waals surface area contributed by atoms with Crippen molar-refractivity contribution in [3.63, 3.8) is 0 Å². The van der Waals surface area contributed by atoms with Gasteiger partial charge < -0.3 is 0 Å². The van der Waals surface area contributed by atoms with Crippen LogP contribution < -0.4 is 0 Å². The number of hydrogen-bond acceptors (Lipinski definition) is 0. The zero-order valence-corrected chi connectivity index (χ0v) is 12.1. The quantitative estimate of drug-likeness (QED) is 0.367. The first-order valence-electron chi connectivity index (χ1n) is 6.59. The second-order valence-electron chi connectivity index (χ2n) is 4.07. The molecule has 0 N–H and O–H groups in total. The Morgan fingerprint density at radius 1 is 0.778 bits per heavy atom. The van der Waals surface area contributed by atoms with Gasteiger partial charge in [0.2, 0.25) is 0 Å². The van der Waals surface area contributed by atoms with E-state index in [2.05, 4.69) is 48.0 Å². The molecule has 0 amide bonds. The highest BCUT2D eigenvalue weighted by Gasteiger charge is 1.87. The molecule has 96 valence electrons. The van der Waals surface area contributed by atoms with E-state index in [-0.39, 0.29) is 0 Å². The largest absolute Gasteiger partial charge is 0.0979 e. The summed E-state index contributed by atoms with van der Waals surface area (Å²) in [5.74, 6) is 12.7. The first-order valence-corrected chi connectivity index (χ1v) is 6.59. The summed E-state index contributed by atoms with van der Waals surface area (Å²) in [5, 5.41) is 0. The molecule has 18 heavy (non-hydrogen) atoms. The highest BCUT2D eigenvalue weighted by Crippen LogP contribution is 2.01. The van der Waals surface area contributed by atoms with Gasteiger partial charge >= 0.3 is 0 Å². The van der Waals surface area contributed by atoms with E-state index in [1.54, 1.807) is 0 Å². The summed E-state index contributed by atoms with van der Waals surface area (Å²) < 4.78 is 0. The van der Waals surface area contributed by atoms with Crippen LogP contribution in [0.4, 0.5) is 0 Å². The molecule has 0 heterocycles. The molecule has 0 saturated heterocycles. The summed E-state index contributed by atoms with van der Waals surface area (Å²) in [6, 6.07) is 0. The molecule has 0 atom stereocenters. The minimum Gasteiger partial charge on any atom is -0.0979 e. The van der Waals surface area contributed by atoms with E-state index in [0.29, 0.717) is 0 Å². The number of hydrogen-bond donors (Lipinski definition) is 0. The fraction of sp³-hybridized carbons (Fsp3) is 0.444. The molecule has 0 aromatic heterocycles. The molecule has 0 heteroatoms. The maximum absolute atomic E-state index is 3.17. The fourth-order valence-corrected chi connectivity index (χ4v) is 1.22. The average molecular weight is 240 g/mol. The molecule has 0 nitrogen and oxygen atoms in total. The third kappa shape index (κ3) is 9.56. The van der Waals surface area contributed by atoms with Crippen molar-refractivity contribution in [2.24, 2.45) is 0 Å². The van der Waals surface area contributed by atoms with Crippen molar-refractivity contribution in [3.8, 4) is 23.7 Å².